The molecule has 0 radical (unpaired) electrons. The third kappa shape index (κ3) is 3.47. The number of carbonyl (C=O) groups is 1. The van der Waals surface area contributed by atoms with E-state index in [-0.39, 0.29) is 12.0 Å². The molecule has 1 saturated heterocycles. The zero-order chi connectivity index (χ0) is 12.1. The number of esters is 1. The number of carbonyl (C=O) groups excluding carboxylic acids is 1. The molecule has 1 aromatic heterocycles. The molecule has 1 fully saturated rings. The molecule has 1 atom stereocenters. The highest BCUT2D eigenvalue weighted by molar-refractivity contribution is 5.88. The first kappa shape index (κ1) is 11.9. The lowest BCUT2D eigenvalue weighted by molar-refractivity contribution is 0.0471. The molecule has 0 amide bonds. The first-order valence-electron chi connectivity index (χ1n) is 5.66. The highest BCUT2D eigenvalue weighted by Gasteiger charge is 2.18. The molecule has 1 aliphatic heterocycles. The van der Waals surface area contributed by atoms with Crippen molar-refractivity contribution in [2.75, 3.05) is 26.2 Å². The number of hydrogen-bond acceptors (Lipinski definition) is 6. The normalized spacial score (nSPS) is 20.4. The fourth-order valence-electron chi connectivity index (χ4n) is 1.82. The second-order valence-electron chi connectivity index (χ2n) is 4.11. The van der Waals surface area contributed by atoms with Gasteiger partial charge in [0.05, 0.1) is 5.56 Å². The summed E-state index contributed by atoms with van der Waals surface area (Å²) in [6.07, 6.45) is 5.28. The molecule has 0 aromatic carbocycles. The van der Waals surface area contributed by atoms with Gasteiger partial charge in [-0.2, -0.15) is 0 Å². The molecule has 2 N–H and O–H groups in total. The number of nitrogens with two attached hydrogens (primary N) is 1. The van der Waals surface area contributed by atoms with Gasteiger partial charge in [0, 0.05) is 31.5 Å². The minimum Gasteiger partial charge on any atom is -0.461 e. The molecular weight excluding hydrogens is 220 g/mol. The van der Waals surface area contributed by atoms with Gasteiger partial charge >= 0.3 is 5.97 Å². The van der Waals surface area contributed by atoms with Gasteiger partial charge in [-0.05, 0) is 13.0 Å². The van der Waals surface area contributed by atoms with Crippen molar-refractivity contribution in [3.05, 3.63) is 24.3 Å². The van der Waals surface area contributed by atoms with Crippen LogP contribution in [0.4, 0.5) is 0 Å². The molecule has 0 spiro atoms. The van der Waals surface area contributed by atoms with Gasteiger partial charge in [-0.1, -0.05) is 0 Å². The minimum atomic E-state index is -0.380. The quantitative estimate of drug-likeness (QED) is 0.721. The van der Waals surface area contributed by atoms with Gasteiger partial charge in [-0.15, -0.1) is 0 Å². The molecule has 1 aromatic rings. The van der Waals surface area contributed by atoms with E-state index in [0.29, 0.717) is 12.2 Å². The van der Waals surface area contributed by atoms with Crippen LogP contribution in [-0.2, 0) is 4.74 Å². The molecule has 1 aliphatic rings. The van der Waals surface area contributed by atoms with E-state index in [2.05, 4.69) is 14.9 Å². The maximum atomic E-state index is 11.5. The largest absolute Gasteiger partial charge is 0.461 e. The summed E-state index contributed by atoms with van der Waals surface area (Å²) >= 11 is 0. The van der Waals surface area contributed by atoms with E-state index < -0.39 is 0 Å². The van der Waals surface area contributed by atoms with Crippen LogP contribution < -0.4 is 5.73 Å². The highest BCUT2D eigenvalue weighted by Crippen LogP contribution is 2.06. The lowest BCUT2D eigenvalue weighted by Gasteiger charge is -2.14. The number of rotatable bonds is 4. The van der Waals surface area contributed by atoms with E-state index in [0.717, 1.165) is 26.1 Å². The van der Waals surface area contributed by atoms with Gasteiger partial charge in [-0.3, -0.25) is 4.90 Å². The molecule has 6 heteroatoms. The first-order chi connectivity index (χ1) is 8.25. The van der Waals surface area contributed by atoms with E-state index in [1.807, 2.05) is 0 Å². The van der Waals surface area contributed by atoms with Crippen LogP contribution in [0.1, 0.15) is 16.8 Å². The van der Waals surface area contributed by atoms with Crippen molar-refractivity contribution in [3.8, 4) is 0 Å². The van der Waals surface area contributed by atoms with Crippen LogP contribution in [0.3, 0.4) is 0 Å². The Morgan fingerprint density at radius 3 is 2.94 bits per heavy atom. The van der Waals surface area contributed by atoms with Gasteiger partial charge in [0.15, 0.2) is 0 Å². The van der Waals surface area contributed by atoms with Gasteiger partial charge < -0.3 is 10.5 Å². The second kappa shape index (κ2) is 5.70. The van der Waals surface area contributed by atoms with E-state index in [1.165, 1.54) is 18.7 Å². The van der Waals surface area contributed by atoms with Crippen LogP contribution in [0, 0.1) is 0 Å². The van der Waals surface area contributed by atoms with E-state index in [4.69, 9.17) is 10.5 Å². The Labute approximate surface area is 99.8 Å². The third-order valence-electron chi connectivity index (χ3n) is 2.75. The maximum absolute atomic E-state index is 11.5. The predicted octanol–water partition coefficient (Wildman–Crippen LogP) is -0.334. The Morgan fingerprint density at radius 1 is 1.53 bits per heavy atom. The number of hydrogen-bond donors (Lipinski definition) is 1. The summed E-state index contributed by atoms with van der Waals surface area (Å²) in [4.78, 5) is 21.3. The number of nitrogens with zero attached hydrogens (tertiary/aromatic N) is 3. The molecule has 92 valence electrons. The third-order valence-corrected chi connectivity index (χ3v) is 2.75. The molecular formula is C11H16N4O2. The van der Waals surface area contributed by atoms with Crippen LogP contribution in [0.15, 0.2) is 18.7 Å². The van der Waals surface area contributed by atoms with Crippen LogP contribution in [0.25, 0.3) is 0 Å². The van der Waals surface area contributed by atoms with Crippen molar-refractivity contribution < 1.29 is 9.53 Å². The summed E-state index contributed by atoms with van der Waals surface area (Å²) < 4.78 is 5.12. The van der Waals surface area contributed by atoms with E-state index in [9.17, 15) is 4.79 Å². The van der Waals surface area contributed by atoms with Crippen molar-refractivity contribution in [1.29, 1.82) is 0 Å². The lowest BCUT2D eigenvalue weighted by Crippen LogP contribution is -2.29. The monoisotopic (exact) mass is 236 g/mol. The van der Waals surface area contributed by atoms with Crippen molar-refractivity contribution in [3.63, 3.8) is 0 Å². The maximum Gasteiger partial charge on any atom is 0.341 e. The zero-order valence-electron chi connectivity index (χ0n) is 9.58. The molecule has 6 nitrogen and oxygen atoms in total. The summed E-state index contributed by atoms with van der Waals surface area (Å²) in [5.41, 5.74) is 6.16. The molecule has 17 heavy (non-hydrogen) atoms. The fourth-order valence-corrected chi connectivity index (χ4v) is 1.82. The van der Waals surface area contributed by atoms with Crippen molar-refractivity contribution >= 4 is 5.97 Å². The van der Waals surface area contributed by atoms with Crippen molar-refractivity contribution in [2.45, 2.75) is 12.5 Å². The average Bonchev–Trinajstić information content (AvgIpc) is 2.76. The van der Waals surface area contributed by atoms with Crippen LogP contribution in [0.5, 0.6) is 0 Å². The van der Waals surface area contributed by atoms with Crippen molar-refractivity contribution in [2.24, 2.45) is 5.73 Å². The number of likely N-dealkylation sites (tertiary alicyclic amines) is 1. The molecule has 0 bridgehead atoms. The number of ether oxygens (including phenoxy) is 1. The number of aromatic nitrogens is 2. The predicted molar refractivity (Wildman–Crippen MR) is 61.3 cm³/mol. The molecule has 0 aliphatic carbocycles. The van der Waals surface area contributed by atoms with Crippen molar-refractivity contribution in [1.82, 2.24) is 14.9 Å². The molecule has 1 unspecified atom stereocenters. The first-order valence-corrected chi connectivity index (χ1v) is 5.66. The topological polar surface area (TPSA) is 81.3 Å². The second-order valence-corrected chi connectivity index (χ2v) is 4.11. The van der Waals surface area contributed by atoms with Crippen LogP contribution in [0.2, 0.25) is 0 Å². The zero-order valence-corrected chi connectivity index (χ0v) is 9.58. The Morgan fingerprint density at radius 2 is 2.29 bits per heavy atom. The Hall–Kier alpha value is -1.53. The van der Waals surface area contributed by atoms with Crippen LogP contribution >= 0.6 is 0 Å². The van der Waals surface area contributed by atoms with Gasteiger partial charge in [0.25, 0.3) is 0 Å². The van der Waals surface area contributed by atoms with E-state index >= 15 is 0 Å². The van der Waals surface area contributed by atoms with Crippen LogP contribution in [-0.4, -0.2) is 53.1 Å². The highest BCUT2D eigenvalue weighted by atomic mass is 16.5. The minimum absolute atomic E-state index is 0.258. The lowest BCUT2D eigenvalue weighted by atomic mass is 10.3. The molecule has 0 saturated carbocycles. The van der Waals surface area contributed by atoms with E-state index in [1.54, 1.807) is 0 Å². The average molecular weight is 236 g/mol. The van der Waals surface area contributed by atoms with Gasteiger partial charge in [-0.25, -0.2) is 14.8 Å². The smallest absolute Gasteiger partial charge is 0.341 e. The molecule has 2 heterocycles. The van der Waals surface area contributed by atoms with Gasteiger partial charge in [0.1, 0.15) is 12.9 Å². The Balaban J connectivity index is 1.70. The summed E-state index contributed by atoms with van der Waals surface area (Å²) in [5.74, 6) is -0.380. The Bertz CT molecular complexity index is 371. The standard InChI is InChI=1S/C11H16N4O2/c12-10-1-2-15(7-10)3-4-17-11(16)9-5-13-8-14-6-9/h5-6,8,10H,1-4,7,12H2. The van der Waals surface area contributed by atoms with Gasteiger partial charge in [0.2, 0.25) is 0 Å². The SMILES string of the molecule is NC1CCN(CCOC(=O)c2cncnc2)C1. The fraction of sp³-hybridized carbons (Fsp3) is 0.545. The molecule has 2 rings (SSSR count). The summed E-state index contributed by atoms with van der Waals surface area (Å²) in [5, 5.41) is 0. The summed E-state index contributed by atoms with van der Waals surface area (Å²) in [6, 6.07) is 0.258. The summed E-state index contributed by atoms with van der Waals surface area (Å²) in [6.45, 7) is 2.97. The Kier molecular flexibility index (Phi) is 4.00. The summed E-state index contributed by atoms with van der Waals surface area (Å²) in [7, 11) is 0.